The lowest BCUT2D eigenvalue weighted by molar-refractivity contribution is -0.118. The van der Waals surface area contributed by atoms with Gasteiger partial charge < -0.3 is 11.1 Å². The predicted molar refractivity (Wildman–Crippen MR) is 65.5 cm³/mol. The number of anilines is 1. The first-order valence-corrected chi connectivity index (χ1v) is 6.30. The van der Waals surface area contributed by atoms with Crippen LogP contribution in [0.5, 0.6) is 0 Å². The van der Waals surface area contributed by atoms with Crippen LogP contribution in [-0.4, -0.2) is 16.8 Å². The molecule has 1 atom stereocenters. The molecule has 1 aromatic rings. The Balaban J connectivity index is 1.93. The van der Waals surface area contributed by atoms with Crippen molar-refractivity contribution in [3.63, 3.8) is 0 Å². The molecular formula is C11H15N3O2S. The SMILES string of the molecule is CC1(C)C[C@@H]1C(=O)Nc1nc(CC(N)=O)cs1. The van der Waals surface area contributed by atoms with Crippen LogP contribution < -0.4 is 11.1 Å². The van der Waals surface area contributed by atoms with E-state index in [2.05, 4.69) is 24.1 Å². The first kappa shape index (κ1) is 12.0. The summed E-state index contributed by atoms with van der Waals surface area (Å²) < 4.78 is 0. The average Bonchev–Trinajstić information content (AvgIpc) is 2.63. The summed E-state index contributed by atoms with van der Waals surface area (Å²) in [6.45, 7) is 4.13. The maximum absolute atomic E-state index is 11.8. The summed E-state index contributed by atoms with van der Waals surface area (Å²) in [5, 5.41) is 5.04. The van der Waals surface area contributed by atoms with Gasteiger partial charge in [0.25, 0.3) is 0 Å². The summed E-state index contributed by atoms with van der Waals surface area (Å²) in [7, 11) is 0. The number of primary amides is 1. The highest BCUT2D eigenvalue weighted by Crippen LogP contribution is 2.52. The van der Waals surface area contributed by atoms with Gasteiger partial charge in [-0.2, -0.15) is 0 Å². The number of nitrogens with two attached hydrogens (primary N) is 1. The molecule has 1 aliphatic rings. The molecule has 0 radical (unpaired) electrons. The molecule has 0 saturated heterocycles. The Kier molecular flexibility index (Phi) is 2.91. The molecule has 92 valence electrons. The molecule has 1 saturated carbocycles. The third kappa shape index (κ3) is 2.82. The van der Waals surface area contributed by atoms with E-state index in [-0.39, 0.29) is 23.7 Å². The van der Waals surface area contributed by atoms with Crippen LogP contribution >= 0.6 is 11.3 Å². The lowest BCUT2D eigenvalue weighted by Gasteiger charge is -2.02. The van der Waals surface area contributed by atoms with Crippen molar-refractivity contribution in [1.29, 1.82) is 0 Å². The van der Waals surface area contributed by atoms with E-state index < -0.39 is 5.91 Å². The highest BCUT2D eigenvalue weighted by Gasteiger charge is 2.50. The van der Waals surface area contributed by atoms with Gasteiger partial charge in [0.1, 0.15) is 0 Å². The molecule has 0 aliphatic heterocycles. The minimum absolute atomic E-state index is 0.00924. The summed E-state index contributed by atoms with van der Waals surface area (Å²) in [6, 6.07) is 0. The molecule has 0 bridgehead atoms. The van der Waals surface area contributed by atoms with Crippen molar-refractivity contribution in [3.05, 3.63) is 11.1 Å². The molecule has 6 heteroatoms. The molecule has 17 heavy (non-hydrogen) atoms. The zero-order valence-corrected chi connectivity index (χ0v) is 10.6. The van der Waals surface area contributed by atoms with Gasteiger partial charge >= 0.3 is 0 Å². The molecular weight excluding hydrogens is 238 g/mol. The largest absolute Gasteiger partial charge is 0.369 e. The molecule has 0 spiro atoms. The summed E-state index contributed by atoms with van der Waals surface area (Å²) in [5.74, 6) is -0.336. The second kappa shape index (κ2) is 4.10. The zero-order valence-electron chi connectivity index (χ0n) is 9.82. The molecule has 1 fully saturated rings. The van der Waals surface area contributed by atoms with Crippen molar-refractivity contribution in [1.82, 2.24) is 4.98 Å². The number of thiazole rings is 1. The molecule has 1 aliphatic carbocycles. The Morgan fingerprint density at radius 2 is 2.29 bits per heavy atom. The molecule has 0 aromatic carbocycles. The van der Waals surface area contributed by atoms with Crippen LogP contribution in [0.15, 0.2) is 5.38 Å². The van der Waals surface area contributed by atoms with Crippen molar-refractivity contribution >= 4 is 28.3 Å². The van der Waals surface area contributed by atoms with Gasteiger partial charge in [-0.3, -0.25) is 9.59 Å². The number of amides is 2. The van der Waals surface area contributed by atoms with Crippen LogP contribution in [0.3, 0.4) is 0 Å². The highest BCUT2D eigenvalue weighted by atomic mass is 32.1. The van der Waals surface area contributed by atoms with Crippen LogP contribution in [0.1, 0.15) is 26.0 Å². The topological polar surface area (TPSA) is 85.1 Å². The van der Waals surface area contributed by atoms with E-state index in [4.69, 9.17) is 5.73 Å². The Morgan fingerprint density at radius 1 is 1.65 bits per heavy atom. The Bertz CT molecular complexity index is 467. The first-order chi connectivity index (χ1) is 7.88. The summed E-state index contributed by atoms with van der Waals surface area (Å²) >= 11 is 1.31. The van der Waals surface area contributed by atoms with Crippen LogP contribution in [0.2, 0.25) is 0 Å². The molecule has 3 N–H and O–H groups in total. The van der Waals surface area contributed by atoms with E-state index in [1.54, 1.807) is 5.38 Å². The molecule has 2 amide bonds. The minimum Gasteiger partial charge on any atom is -0.369 e. The van der Waals surface area contributed by atoms with Crippen LogP contribution in [0.25, 0.3) is 0 Å². The van der Waals surface area contributed by atoms with E-state index in [0.717, 1.165) is 6.42 Å². The number of aromatic nitrogens is 1. The summed E-state index contributed by atoms with van der Waals surface area (Å²) in [4.78, 5) is 26.6. The zero-order chi connectivity index (χ0) is 12.6. The van der Waals surface area contributed by atoms with E-state index in [9.17, 15) is 9.59 Å². The Morgan fingerprint density at radius 3 is 2.82 bits per heavy atom. The second-order valence-corrected chi connectivity index (χ2v) is 5.88. The molecule has 0 unspecified atom stereocenters. The number of hydrogen-bond acceptors (Lipinski definition) is 4. The average molecular weight is 253 g/mol. The number of rotatable bonds is 4. The Hall–Kier alpha value is -1.43. The summed E-state index contributed by atoms with van der Waals surface area (Å²) in [5.41, 5.74) is 5.78. The normalized spacial score (nSPS) is 20.9. The number of carbonyl (C=O) groups is 2. The van der Waals surface area contributed by atoms with Crippen molar-refractivity contribution in [2.45, 2.75) is 26.7 Å². The van der Waals surface area contributed by atoms with Gasteiger partial charge in [-0.15, -0.1) is 11.3 Å². The predicted octanol–water partition coefficient (Wildman–Crippen LogP) is 1.16. The van der Waals surface area contributed by atoms with Gasteiger partial charge in [0.05, 0.1) is 12.1 Å². The van der Waals surface area contributed by atoms with E-state index >= 15 is 0 Å². The monoisotopic (exact) mass is 253 g/mol. The van der Waals surface area contributed by atoms with Gasteiger partial charge in [0.2, 0.25) is 11.8 Å². The van der Waals surface area contributed by atoms with Gasteiger partial charge in [-0.1, -0.05) is 13.8 Å². The maximum atomic E-state index is 11.8. The third-order valence-corrected chi connectivity index (χ3v) is 3.77. The van der Waals surface area contributed by atoms with E-state index in [1.807, 2.05) is 0 Å². The van der Waals surface area contributed by atoms with Gasteiger partial charge in [-0.25, -0.2) is 4.98 Å². The molecule has 1 aromatic heterocycles. The smallest absolute Gasteiger partial charge is 0.229 e. The number of hydrogen-bond donors (Lipinski definition) is 2. The third-order valence-electron chi connectivity index (χ3n) is 2.97. The quantitative estimate of drug-likeness (QED) is 0.844. The standard InChI is InChI=1S/C11H15N3O2S/c1-11(2)4-7(11)9(16)14-10-13-6(5-17-10)3-8(12)15/h5,7H,3-4H2,1-2H3,(H2,12,15)(H,13,14,16)/t7-/m1/s1. The lowest BCUT2D eigenvalue weighted by Crippen LogP contribution is -2.17. The van der Waals surface area contributed by atoms with Crippen molar-refractivity contribution in [2.75, 3.05) is 5.32 Å². The molecule has 2 rings (SSSR count). The van der Waals surface area contributed by atoms with Gasteiger partial charge in [0.15, 0.2) is 5.13 Å². The van der Waals surface area contributed by atoms with Gasteiger partial charge in [0, 0.05) is 11.3 Å². The summed E-state index contributed by atoms with van der Waals surface area (Å²) in [6.07, 6.45) is 1.03. The van der Waals surface area contributed by atoms with Gasteiger partial charge in [-0.05, 0) is 11.8 Å². The second-order valence-electron chi connectivity index (χ2n) is 5.02. The van der Waals surface area contributed by atoms with Crippen LogP contribution in [0, 0.1) is 11.3 Å². The van der Waals surface area contributed by atoms with E-state index in [0.29, 0.717) is 10.8 Å². The van der Waals surface area contributed by atoms with Crippen molar-refractivity contribution in [3.8, 4) is 0 Å². The number of nitrogens with zero attached hydrogens (tertiary/aromatic N) is 1. The fourth-order valence-corrected chi connectivity index (χ4v) is 2.44. The Labute approximate surface area is 103 Å². The highest BCUT2D eigenvalue weighted by molar-refractivity contribution is 7.13. The van der Waals surface area contributed by atoms with Crippen LogP contribution in [0.4, 0.5) is 5.13 Å². The maximum Gasteiger partial charge on any atom is 0.229 e. The van der Waals surface area contributed by atoms with Crippen molar-refractivity contribution in [2.24, 2.45) is 17.1 Å². The van der Waals surface area contributed by atoms with E-state index in [1.165, 1.54) is 11.3 Å². The number of carbonyl (C=O) groups excluding carboxylic acids is 2. The fraction of sp³-hybridized carbons (Fsp3) is 0.545. The molecule has 1 heterocycles. The molecule has 5 nitrogen and oxygen atoms in total. The fourth-order valence-electron chi connectivity index (χ4n) is 1.73. The van der Waals surface area contributed by atoms with Crippen molar-refractivity contribution < 1.29 is 9.59 Å². The lowest BCUT2D eigenvalue weighted by atomic mass is 10.1. The first-order valence-electron chi connectivity index (χ1n) is 5.42. The van der Waals surface area contributed by atoms with Crippen LogP contribution in [-0.2, 0) is 16.0 Å². The number of nitrogens with one attached hydrogen (secondary N) is 1. The minimum atomic E-state index is -0.420.